The maximum Gasteiger partial charge on any atom is 0.257 e. The van der Waals surface area contributed by atoms with E-state index < -0.39 is 18.2 Å². The third-order valence-corrected chi connectivity index (χ3v) is 0.440. The Hall–Kier alpha value is -1.13. The number of primary amides is 1. The Morgan fingerprint density at radius 1 is 1.62 bits per heavy atom. The van der Waals surface area contributed by atoms with Gasteiger partial charge in [0.2, 0.25) is 5.91 Å². The maximum atomic E-state index is 10.9. The minimum Gasteiger partial charge on any atom is -0.369 e. The number of hydrogen-bond acceptors (Lipinski definition) is 2. The molecule has 3 N–H and O–H groups in total. The highest BCUT2D eigenvalue weighted by atomic mass is 19.2. The Morgan fingerprint density at radius 2 is 2.12 bits per heavy atom. The predicted molar refractivity (Wildman–Crippen MR) is 23.1 cm³/mol. The number of nitrogens with one attached hydrogen (secondary N) is 1. The summed E-state index contributed by atoms with van der Waals surface area (Å²) in [5.74, 6) is -1.86. The molecule has 0 unspecified atom stereocenters. The quantitative estimate of drug-likeness (QED) is 0.357. The lowest BCUT2D eigenvalue weighted by molar-refractivity contribution is -0.130. The van der Waals surface area contributed by atoms with E-state index >= 15 is 0 Å². The first-order valence-electron chi connectivity index (χ1n) is 1.84. The van der Waals surface area contributed by atoms with Crippen LogP contribution in [-0.2, 0) is 9.59 Å². The molecule has 0 spiro atoms. The molecule has 0 aromatic rings. The van der Waals surface area contributed by atoms with Crippen LogP contribution in [-0.4, -0.2) is 11.8 Å². The molecule has 0 heterocycles. The van der Waals surface area contributed by atoms with Gasteiger partial charge in [0.25, 0.3) is 5.91 Å². The third kappa shape index (κ3) is 3.08. The maximum absolute atomic E-state index is 10.9. The fourth-order valence-corrected chi connectivity index (χ4v) is 0.192. The fraction of sp³-hybridized carbons (Fsp3) is 0.333. The molecule has 0 aliphatic heterocycles. The Bertz CT molecular complexity index is 114. The van der Waals surface area contributed by atoms with E-state index in [0.717, 1.165) is 5.54 Å². The molecule has 2 amide bonds. The Morgan fingerprint density at radius 3 is 2.25 bits per heavy atom. The molecule has 0 radical (unpaired) electrons. The Kier molecular flexibility index (Phi) is 2.53. The molecule has 0 saturated heterocycles. The van der Waals surface area contributed by atoms with Gasteiger partial charge in [-0.1, -0.05) is 0 Å². The van der Waals surface area contributed by atoms with E-state index in [1.165, 1.54) is 0 Å². The summed E-state index contributed by atoms with van der Waals surface area (Å²) < 4.78 is 10.9. The molecule has 8 heavy (non-hydrogen) atoms. The lowest BCUT2D eigenvalue weighted by atomic mass is 10.4. The molecule has 0 atom stereocenters. The zero-order valence-electron chi connectivity index (χ0n) is 3.98. The van der Waals surface area contributed by atoms with Crippen LogP contribution in [0.2, 0.25) is 0 Å². The number of hydrogen-bond donors (Lipinski definition) is 2. The van der Waals surface area contributed by atoms with Gasteiger partial charge in [0.15, 0.2) is 0 Å². The minimum atomic E-state index is -1.02. The van der Waals surface area contributed by atoms with Gasteiger partial charge in [-0.05, 0) is 0 Å². The average molecular weight is 120 g/mol. The summed E-state index contributed by atoms with van der Waals surface area (Å²) in [6.07, 6.45) is -0.601. The Labute approximate surface area is 44.8 Å². The van der Waals surface area contributed by atoms with Crippen LogP contribution in [0.15, 0.2) is 0 Å². The molecule has 0 aromatic carbocycles. The van der Waals surface area contributed by atoms with E-state index in [4.69, 9.17) is 0 Å². The molecule has 0 bridgehead atoms. The minimum absolute atomic E-state index is 0.601. The second-order valence-corrected chi connectivity index (χ2v) is 1.16. The van der Waals surface area contributed by atoms with Crippen molar-refractivity contribution in [3.63, 3.8) is 0 Å². The summed E-state index contributed by atoms with van der Waals surface area (Å²) in [5, 5.41) is 0. The van der Waals surface area contributed by atoms with Crippen molar-refractivity contribution in [3.8, 4) is 0 Å². The summed E-state index contributed by atoms with van der Waals surface area (Å²) in [5.41, 5.74) is 5.26. The van der Waals surface area contributed by atoms with Crippen LogP contribution in [0, 0.1) is 0 Å². The van der Waals surface area contributed by atoms with Gasteiger partial charge in [0, 0.05) is 0 Å². The van der Waals surface area contributed by atoms with E-state index in [0.29, 0.717) is 0 Å². The second kappa shape index (κ2) is 2.95. The van der Waals surface area contributed by atoms with Gasteiger partial charge in [-0.25, -0.2) is 0 Å². The van der Waals surface area contributed by atoms with Crippen molar-refractivity contribution in [2.45, 2.75) is 6.42 Å². The zero-order chi connectivity index (χ0) is 6.57. The lowest BCUT2D eigenvalue weighted by Gasteiger charge is -1.87. The monoisotopic (exact) mass is 120 g/mol. The van der Waals surface area contributed by atoms with Gasteiger partial charge in [0.05, 0.1) is 0 Å². The number of carbonyl (C=O) groups is 2. The van der Waals surface area contributed by atoms with Gasteiger partial charge >= 0.3 is 0 Å². The summed E-state index contributed by atoms with van der Waals surface area (Å²) in [6.45, 7) is 0. The van der Waals surface area contributed by atoms with Crippen molar-refractivity contribution in [1.82, 2.24) is 5.54 Å². The molecular weight excluding hydrogens is 115 g/mol. The third-order valence-electron chi connectivity index (χ3n) is 0.440. The molecule has 0 fully saturated rings. The highest BCUT2D eigenvalue weighted by Crippen LogP contribution is 1.74. The number of halogens is 1. The average Bonchev–Trinajstić information content (AvgIpc) is 1.65. The highest BCUT2D eigenvalue weighted by molar-refractivity contribution is 5.95. The van der Waals surface area contributed by atoms with Crippen molar-refractivity contribution in [3.05, 3.63) is 0 Å². The van der Waals surface area contributed by atoms with Gasteiger partial charge in [-0.3, -0.25) is 9.59 Å². The van der Waals surface area contributed by atoms with Gasteiger partial charge in [-0.2, -0.15) is 5.54 Å². The van der Waals surface area contributed by atoms with Gasteiger partial charge in [0.1, 0.15) is 6.42 Å². The molecule has 5 heteroatoms. The molecule has 0 aliphatic rings. The molecule has 0 saturated carbocycles. The topological polar surface area (TPSA) is 72.2 Å². The summed E-state index contributed by atoms with van der Waals surface area (Å²) >= 11 is 0. The standard InChI is InChI=1S/C3H5FN2O2/c4-6-3(8)1-2(5)7/h1H2,(H2,5,7)(H,6,8). The van der Waals surface area contributed by atoms with E-state index in [1.807, 2.05) is 0 Å². The summed E-state index contributed by atoms with van der Waals surface area (Å²) in [4.78, 5) is 19.6. The zero-order valence-corrected chi connectivity index (χ0v) is 3.98. The van der Waals surface area contributed by atoms with Crippen molar-refractivity contribution in [2.75, 3.05) is 0 Å². The van der Waals surface area contributed by atoms with E-state index in [9.17, 15) is 14.1 Å². The first kappa shape index (κ1) is 6.87. The lowest BCUT2D eigenvalue weighted by Crippen LogP contribution is -2.22. The number of rotatable bonds is 2. The predicted octanol–water partition coefficient (Wildman–Crippen LogP) is -1.14. The SMILES string of the molecule is NC(=O)CC(=O)NF. The van der Waals surface area contributed by atoms with Crippen molar-refractivity contribution < 1.29 is 14.1 Å². The first-order valence-corrected chi connectivity index (χ1v) is 1.84. The second-order valence-electron chi connectivity index (χ2n) is 1.16. The van der Waals surface area contributed by atoms with Crippen LogP contribution < -0.4 is 11.3 Å². The molecular formula is C3H5FN2O2. The van der Waals surface area contributed by atoms with Crippen LogP contribution >= 0.6 is 0 Å². The Balaban J connectivity index is 3.40. The van der Waals surface area contributed by atoms with Crippen LogP contribution in [0.5, 0.6) is 0 Å². The van der Waals surface area contributed by atoms with Crippen molar-refractivity contribution in [1.29, 1.82) is 0 Å². The van der Waals surface area contributed by atoms with Gasteiger partial charge < -0.3 is 5.73 Å². The molecule has 0 aliphatic carbocycles. The van der Waals surface area contributed by atoms with E-state index in [1.54, 1.807) is 0 Å². The van der Waals surface area contributed by atoms with Crippen LogP contribution in [0.3, 0.4) is 0 Å². The van der Waals surface area contributed by atoms with Gasteiger partial charge in [-0.15, -0.1) is 4.48 Å². The normalized spacial score (nSPS) is 8.12. The largest absolute Gasteiger partial charge is 0.369 e. The number of carbonyl (C=O) groups excluding carboxylic acids is 2. The number of amides is 2. The van der Waals surface area contributed by atoms with Crippen molar-refractivity contribution >= 4 is 11.8 Å². The summed E-state index contributed by atoms with van der Waals surface area (Å²) in [6, 6.07) is 0. The van der Waals surface area contributed by atoms with Crippen LogP contribution in [0.1, 0.15) is 6.42 Å². The molecule has 46 valence electrons. The van der Waals surface area contributed by atoms with E-state index in [2.05, 4.69) is 5.73 Å². The first-order chi connectivity index (χ1) is 3.66. The van der Waals surface area contributed by atoms with Crippen LogP contribution in [0.25, 0.3) is 0 Å². The smallest absolute Gasteiger partial charge is 0.257 e. The molecule has 0 rings (SSSR count). The van der Waals surface area contributed by atoms with E-state index in [-0.39, 0.29) is 0 Å². The van der Waals surface area contributed by atoms with Crippen molar-refractivity contribution in [2.24, 2.45) is 5.73 Å². The fourth-order valence-electron chi connectivity index (χ4n) is 0.192. The molecule has 4 nitrogen and oxygen atoms in total. The number of nitrogens with two attached hydrogens (primary N) is 1. The molecule has 0 aromatic heterocycles. The van der Waals surface area contributed by atoms with Crippen LogP contribution in [0.4, 0.5) is 4.48 Å². The summed E-state index contributed by atoms with van der Waals surface area (Å²) in [7, 11) is 0. The highest BCUT2D eigenvalue weighted by Gasteiger charge is 2.02.